The Morgan fingerprint density at radius 1 is 1.10 bits per heavy atom. The van der Waals surface area contributed by atoms with Gasteiger partial charge in [0.25, 0.3) is 0 Å². The van der Waals surface area contributed by atoms with Crippen molar-refractivity contribution >= 4 is 27.6 Å². The number of carbonyl (C=O) groups is 1. The van der Waals surface area contributed by atoms with E-state index in [1.54, 1.807) is 24.3 Å². The molecule has 0 spiro atoms. The predicted molar refractivity (Wildman–Crippen MR) is 78.9 cm³/mol. The minimum atomic E-state index is -3.72. The van der Waals surface area contributed by atoms with Gasteiger partial charge in [-0.25, -0.2) is 17.9 Å². The minimum Gasteiger partial charge on any atom is -0.478 e. The Bertz CT molecular complexity index is 757. The molecule has 0 atom stereocenters. The van der Waals surface area contributed by atoms with Crippen molar-refractivity contribution in [1.29, 1.82) is 0 Å². The van der Waals surface area contributed by atoms with E-state index < -0.39 is 16.0 Å². The van der Waals surface area contributed by atoms with E-state index in [-0.39, 0.29) is 17.0 Å². The second kappa shape index (κ2) is 6.26. The Balaban J connectivity index is 2.15. The summed E-state index contributed by atoms with van der Waals surface area (Å²) < 4.78 is 26.6. The highest BCUT2D eigenvalue weighted by Crippen LogP contribution is 2.16. The van der Waals surface area contributed by atoms with Crippen LogP contribution in [-0.4, -0.2) is 19.5 Å². The summed E-state index contributed by atoms with van der Waals surface area (Å²) in [6.07, 6.45) is 0. The van der Waals surface area contributed by atoms with Gasteiger partial charge in [0.2, 0.25) is 10.0 Å². The molecule has 0 fully saturated rings. The average Bonchev–Trinajstić information content (AvgIpc) is 2.46. The maximum absolute atomic E-state index is 12.1. The second-order valence-corrected chi connectivity index (χ2v) is 6.42. The Labute approximate surface area is 127 Å². The van der Waals surface area contributed by atoms with Gasteiger partial charge in [-0.1, -0.05) is 29.8 Å². The maximum atomic E-state index is 12.1. The third-order valence-electron chi connectivity index (χ3n) is 2.82. The van der Waals surface area contributed by atoms with Crippen molar-refractivity contribution in [3.63, 3.8) is 0 Å². The number of halogens is 1. The van der Waals surface area contributed by atoms with E-state index in [1.165, 1.54) is 24.3 Å². The Morgan fingerprint density at radius 3 is 2.29 bits per heavy atom. The van der Waals surface area contributed by atoms with Crippen LogP contribution in [0.3, 0.4) is 0 Å². The molecule has 0 heterocycles. The topological polar surface area (TPSA) is 83.5 Å². The molecule has 0 aromatic heterocycles. The monoisotopic (exact) mass is 325 g/mol. The fraction of sp³-hybridized carbons (Fsp3) is 0.0714. The number of nitrogens with one attached hydrogen (secondary N) is 1. The normalized spacial score (nSPS) is 11.3. The lowest BCUT2D eigenvalue weighted by Gasteiger charge is -2.08. The molecular formula is C14H12ClNO4S. The number of rotatable bonds is 5. The summed E-state index contributed by atoms with van der Waals surface area (Å²) in [5.41, 5.74) is 0.685. The standard InChI is InChI=1S/C14H12ClNO4S/c15-13-4-2-1-3-11(13)9-16-21(19,20)12-7-5-10(6-8-12)14(17)18/h1-8,16H,9H2,(H,17,18). The zero-order valence-corrected chi connectivity index (χ0v) is 12.4. The number of hydrogen-bond acceptors (Lipinski definition) is 3. The van der Waals surface area contributed by atoms with Crippen LogP contribution >= 0.6 is 11.6 Å². The summed E-state index contributed by atoms with van der Waals surface area (Å²) >= 11 is 5.95. The molecule has 0 saturated carbocycles. The molecule has 2 aromatic rings. The molecule has 5 nitrogen and oxygen atoms in total. The molecule has 7 heteroatoms. The Morgan fingerprint density at radius 2 is 1.71 bits per heavy atom. The first-order valence-corrected chi connectivity index (χ1v) is 7.83. The van der Waals surface area contributed by atoms with Crippen molar-refractivity contribution in [2.45, 2.75) is 11.4 Å². The summed E-state index contributed by atoms with van der Waals surface area (Å²) in [7, 11) is -3.72. The lowest BCUT2D eigenvalue weighted by Crippen LogP contribution is -2.23. The Kier molecular flexibility index (Phi) is 4.62. The van der Waals surface area contributed by atoms with Crippen molar-refractivity contribution in [2.75, 3.05) is 0 Å². The molecule has 2 rings (SSSR count). The largest absolute Gasteiger partial charge is 0.478 e. The van der Waals surface area contributed by atoms with Crippen LogP contribution in [0, 0.1) is 0 Å². The van der Waals surface area contributed by atoms with Gasteiger partial charge >= 0.3 is 5.97 Å². The second-order valence-electron chi connectivity index (χ2n) is 4.25. The molecule has 2 aromatic carbocycles. The number of aromatic carboxylic acids is 1. The smallest absolute Gasteiger partial charge is 0.335 e. The lowest BCUT2D eigenvalue weighted by molar-refractivity contribution is 0.0696. The molecule has 0 amide bonds. The van der Waals surface area contributed by atoms with Crippen LogP contribution in [0.15, 0.2) is 53.4 Å². The van der Waals surface area contributed by atoms with E-state index in [9.17, 15) is 13.2 Å². The van der Waals surface area contributed by atoms with Gasteiger partial charge in [0.1, 0.15) is 0 Å². The molecule has 0 saturated heterocycles. The molecule has 110 valence electrons. The summed E-state index contributed by atoms with van der Waals surface area (Å²) in [4.78, 5) is 10.7. The summed E-state index contributed by atoms with van der Waals surface area (Å²) in [5, 5.41) is 9.25. The molecule has 0 aliphatic carbocycles. The highest BCUT2D eigenvalue weighted by molar-refractivity contribution is 7.89. The molecule has 0 unspecified atom stereocenters. The van der Waals surface area contributed by atoms with Crippen LogP contribution in [-0.2, 0) is 16.6 Å². The number of sulfonamides is 1. The van der Waals surface area contributed by atoms with E-state index in [0.717, 1.165) is 0 Å². The predicted octanol–water partition coefficient (Wildman–Crippen LogP) is 2.52. The molecule has 0 radical (unpaired) electrons. The minimum absolute atomic E-state index is 0.000413. The fourth-order valence-electron chi connectivity index (χ4n) is 1.67. The van der Waals surface area contributed by atoms with Crippen LogP contribution in [0.25, 0.3) is 0 Å². The highest BCUT2D eigenvalue weighted by atomic mass is 35.5. The van der Waals surface area contributed by atoms with E-state index in [4.69, 9.17) is 16.7 Å². The van der Waals surface area contributed by atoms with Crippen molar-refractivity contribution in [3.8, 4) is 0 Å². The molecule has 0 bridgehead atoms. The number of carboxylic acid groups (broad SMARTS) is 1. The van der Waals surface area contributed by atoms with Gasteiger partial charge in [0, 0.05) is 11.6 Å². The zero-order valence-electron chi connectivity index (χ0n) is 10.8. The highest BCUT2D eigenvalue weighted by Gasteiger charge is 2.15. The quantitative estimate of drug-likeness (QED) is 0.884. The van der Waals surface area contributed by atoms with Gasteiger partial charge in [0.05, 0.1) is 10.5 Å². The van der Waals surface area contributed by atoms with Crippen molar-refractivity contribution in [2.24, 2.45) is 0 Å². The molecule has 2 N–H and O–H groups in total. The number of carboxylic acids is 1. The zero-order chi connectivity index (χ0) is 15.5. The summed E-state index contributed by atoms with van der Waals surface area (Å²) in [6, 6.07) is 11.9. The van der Waals surface area contributed by atoms with Gasteiger partial charge in [-0.15, -0.1) is 0 Å². The van der Waals surface area contributed by atoms with Crippen LogP contribution in [0.4, 0.5) is 0 Å². The van der Waals surface area contributed by atoms with Crippen LogP contribution in [0.5, 0.6) is 0 Å². The first-order chi connectivity index (χ1) is 9.90. The molecule has 21 heavy (non-hydrogen) atoms. The summed E-state index contributed by atoms with van der Waals surface area (Å²) in [6.45, 7) is 0.0582. The van der Waals surface area contributed by atoms with Gasteiger partial charge in [0.15, 0.2) is 0 Å². The first kappa shape index (κ1) is 15.5. The van der Waals surface area contributed by atoms with E-state index in [0.29, 0.717) is 10.6 Å². The van der Waals surface area contributed by atoms with E-state index in [1.807, 2.05) is 0 Å². The molecule has 0 aliphatic heterocycles. The SMILES string of the molecule is O=C(O)c1ccc(S(=O)(=O)NCc2ccccc2Cl)cc1. The maximum Gasteiger partial charge on any atom is 0.335 e. The number of hydrogen-bond donors (Lipinski definition) is 2. The van der Waals surface area contributed by atoms with Crippen molar-refractivity contribution in [3.05, 3.63) is 64.7 Å². The Hall–Kier alpha value is -1.89. The van der Waals surface area contributed by atoms with E-state index in [2.05, 4.69) is 4.72 Å². The van der Waals surface area contributed by atoms with Crippen molar-refractivity contribution < 1.29 is 18.3 Å². The lowest BCUT2D eigenvalue weighted by atomic mass is 10.2. The molecule has 0 aliphatic rings. The van der Waals surface area contributed by atoms with Crippen LogP contribution in [0.1, 0.15) is 15.9 Å². The first-order valence-electron chi connectivity index (χ1n) is 5.96. The van der Waals surface area contributed by atoms with Crippen molar-refractivity contribution in [1.82, 2.24) is 4.72 Å². The number of benzene rings is 2. The molecular weight excluding hydrogens is 314 g/mol. The van der Waals surface area contributed by atoms with Gasteiger partial charge in [-0.05, 0) is 35.9 Å². The van der Waals surface area contributed by atoms with Crippen LogP contribution in [0.2, 0.25) is 5.02 Å². The van der Waals surface area contributed by atoms with Crippen LogP contribution < -0.4 is 4.72 Å². The van der Waals surface area contributed by atoms with Gasteiger partial charge < -0.3 is 5.11 Å². The third-order valence-corrected chi connectivity index (χ3v) is 4.61. The van der Waals surface area contributed by atoms with E-state index >= 15 is 0 Å². The fourth-order valence-corrected chi connectivity index (χ4v) is 2.88. The third kappa shape index (κ3) is 3.81. The van der Waals surface area contributed by atoms with Gasteiger partial charge in [-0.2, -0.15) is 0 Å². The van der Waals surface area contributed by atoms with Gasteiger partial charge in [-0.3, -0.25) is 0 Å². The summed E-state index contributed by atoms with van der Waals surface area (Å²) in [5.74, 6) is -1.11. The average molecular weight is 326 g/mol.